The first-order valence-corrected chi connectivity index (χ1v) is 6.64. The molecule has 0 spiro atoms. The second-order valence-corrected chi connectivity index (χ2v) is 5.27. The molecule has 2 heteroatoms. The van der Waals surface area contributed by atoms with Crippen LogP contribution in [0.5, 0.6) is 0 Å². The second kappa shape index (κ2) is 5.54. The van der Waals surface area contributed by atoms with Crippen LogP contribution in [-0.4, -0.2) is 0 Å². The van der Waals surface area contributed by atoms with E-state index in [0.717, 1.165) is 18.4 Å². The van der Waals surface area contributed by atoms with Crippen molar-refractivity contribution in [3.63, 3.8) is 0 Å². The lowest BCUT2D eigenvalue weighted by Crippen LogP contribution is -2.35. The minimum absolute atomic E-state index is 0.230. The monoisotopic (exact) mass is 257 g/mol. The molecule has 2 aromatic rings. The van der Waals surface area contributed by atoms with E-state index in [9.17, 15) is 4.39 Å². The van der Waals surface area contributed by atoms with Crippen molar-refractivity contribution in [2.45, 2.75) is 32.2 Å². The van der Waals surface area contributed by atoms with E-state index in [1.807, 2.05) is 6.92 Å². The highest BCUT2D eigenvalue weighted by atomic mass is 19.1. The van der Waals surface area contributed by atoms with E-state index in [-0.39, 0.29) is 5.82 Å². The predicted octanol–water partition coefficient (Wildman–Crippen LogP) is 3.80. The fraction of sp³-hybridized carbons (Fsp3) is 0.294. The van der Waals surface area contributed by atoms with Crippen LogP contribution in [0.25, 0.3) is 0 Å². The molecule has 0 heterocycles. The molecule has 19 heavy (non-hydrogen) atoms. The molecular formula is C17H20FN. The zero-order valence-electron chi connectivity index (χ0n) is 11.5. The van der Waals surface area contributed by atoms with E-state index in [1.165, 1.54) is 23.3 Å². The van der Waals surface area contributed by atoms with Gasteiger partial charge in [0.25, 0.3) is 0 Å². The van der Waals surface area contributed by atoms with E-state index >= 15 is 0 Å². The highest BCUT2D eigenvalue weighted by Gasteiger charge is 2.21. The average Bonchev–Trinajstić information content (AvgIpc) is 2.40. The molecule has 0 saturated heterocycles. The fourth-order valence-electron chi connectivity index (χ4n) is 2.25. The molecule has 0 aliphatic heterocycles. The largest absolute Gasteiger partial charge is 0.321 e. The Kier molecular flexibility index (Phi) is 4.01. The molecule has 2 N–H and O–H groups in total. The second-order valence-electron chi connectivity index (χ2n) is 5.27. The summed E-state index contributed by atoms with van der Waals surface area (Å²) in [5.74, 6) is -0.230. The smallest absolute Gasteiger partial charge is 0.123 e. The zero-order chi connectivity index (χ0) is 13.9. The molecule has 1 unspecified atom stereocenters. The minimum atomic E-state index is -0.485. The highest BCUT2D eigenvalue weighted by Crippen LogP contribution is 2.23. The number of aryl methyl sites for hydroxylation is 1. The number of nitrogens with two attached hydrogens (primary N) is 1. The topological polar surface area (TPSA) is 26.0 Å². The maximum atomic E-state index is 12.9. The van der Waals surface area contributed by atoms with Crippen LogP contribution in [0.3, 0.4) is 0 Å². The van der Waals surface area contributed by atoms with Crippen LogP contribution in [0, 0.1) is 5.82 Å². The van der Waals surface area contributed by atoms with Gasteiger partial charge in [-0.3, -0.25) is 0 Å². The van der Waals surface area contributed by atoms with E-state index < -0.39 is 5.54 Å². The van der Waals surface area contributed by atoms with Crippen LogP contribution in [0.15, 0.2) is 48.5 Å². The van der Waals surface area contributed by atoms with Crippen molar-refractivity contribution >= 4 is 0 Å². The van der Waals surface area contributed by atoms with Gasteiger partial charge in [-0.15, -0.1) is 0 Å². The van der Waals surface area contributed by atoms with Gasteiger partial charge in [-0.05, 0) is 48.6 Å². The van der Waals surface area contributed by atoms with Gasteiger partial charge in [0.2, 0.25) is 0 Å². The van der Waals surface area contributed by atoms with Crippen LogP contribution in [0.1, 0.15) is 30.5 Å². The fourth-order valence-corrected chi connectivity index (χ4v) is 2.25. The van der Waals surface area contributed by atoms with Crippen molar-refractivity contribution in [1.82, 2.24) is 0 Å². The summed E-state index contributed by atoms with van der Waals surface area (Å²) in [6, 6.07) is 14.9. The number of hydrogen-bond donors (Lipinski definition) is 1. The molecule has 0 radical (unpaired) electrons. The first-order valence-electron chi connectivity index (χ1n) is 6.64. The van der Waals surface area contributed by atoms with E-state index in [4.69, 9.17) is 5.73 Å². The number of hydrogen-bond acceptors (Lipinski definition) is 1. The third kappa shape index (κ3) is 3.42. The number of benzene rings is 2. The lowest BCUT2D eigenvalue weighted by molar-refractivity contribution is 0.490. The van der Waals surface area contributed by atoms with Crippen LogP contribution >= 0.6 is 0 Å². The minimum Gasteiger partial charge on any atom is -0.321 e. The molecule has 1 atom stereocenters. The molecule has 0 aromatic heterocycles. The van der Waals surface area contributed by atoms with Gasteiger partial charge in [0, 0.05) is 5.54 Å². The summed E-state index contributed by atoms with van der Waals surface area (Å²) >= 11 is 0. The van der Waals surface area contributed by atoms with Gasteiger partial charge < -0.3 is 5.73 Å². The first kappa shape index (κ1) is 13.8. The number of halogens is 1. The molecular weight excluding hydrogens is 237 g/mol. The van der Waals surface area contributed by atoms with Crippen LogP contribution in [0.2, 0.25) is 0 Å². The van der Waals surface area contributed by atoms with E-state index in [2.05, 4.69) is 31.2 Å². The maximum Gasteiger partial charge on any atom is 0.123 e. The predicted molar refractivity (Wildman–Crippen MR) is 77.5 cm³/mol. The Morgan fingerprint density at radius 1 is 0.947 bits per heavy atom. The zero-order valence-corrected chi connectivity index (χ0v) is 11.5. The Hall–Kier alpha value is -1.67. The van der Waals surface area contributed by atoms with Crippen molar-refractivity contribution in [3.8, 4) is 0 Å². The summed E-state index contributed by atoms with van der Waals surface area (Å²) in [5.41, 5.74) is 9.36. The Balaban J connectivity index is 2.17. The van der Waals surface area contributed by atoms with Gasteiger partial charge in [-0.2, -0.15) is 0 Å². The van der Waals surface area contributed by atoms with Crippen molar-refractivity contribution in [3.05, 3.63) is 71.0 Å². The SMILES string of the molecule is CCc1ccc(CC(C)(N)c2ccc(F)cc2)cc1. The Labute approximate surface area is 114 Å². The first-order chi connectivity index (χ1) is 9.01. The average molecular weight is 257 g/mol. The molecule has 100 valence electrons. The molecule has 1 nitrogen and oxygen atoms in total. The lowest BCUT2D eigenvalue weighted by atomic mass is 9.86. The summed E-state index contributed by atoms with van der Waals surface area (Å²) in [6.45, 7) is 4.12. The van der Waals surface area contributed by atoms with Crippen LogP contribution in [-0.2, 0) is 18.4 Å². The standard InChI is InChI=1S/C17H20FN/c1-3-13-4-6-14(7-5-13)12-17(2,19)15-8-10-16(18)11-9-15/h4-11H,3,12,19H2,1-2H3. The van der Waals surface area contributed by atoms with Crippen molar-refractivity contribution in [1.29, 1.82) is 0 Å². The summed E-state index contributed by atoms with van der Waals surface area (Å²) in [7, 11) is 0. The van der Waals surface area contributed by atoms with Crippen molar-refractivity contribution in [2.24, 2.45) is 5.73 Å². The molecule has 0 aliphatic carbocycles. The quantitative estimate of drug-likeness (QED) is 0.885. The maximum absolute atomic E-state index is 12.9. The molecule has 0 saturated carbocycles. The van der Waals surface area contributed by atoms with Gasteiger partial charge in [0.1, 0.15) is 5.82 Å². The van der Waals surface area contributed by atoms with E-state index in [1.54, 1.807) is 12.1 Å². The van der Waals surface area contributed by atoms with Gasteiger partial charge in [-0.1, -0.05) is 43.3 Å². The third-order valence-corrected chi connectivity index (χ3v) is 3.51. The molecule has 2 aromatic carbocycles. The van der Waals surface area contributed by atoms with Crippen molar-refractivity contribution < 1.29 is 4.39 Å². The van der Waals surface area contributed by atoms with E-state index in [0.29, 0.717) is 0 Å². The lowest BCUT2D eigenvalue weighted by Gasteiger charge is -2.25. The Morgan fingerprint density at radius 2 is 1.47 bits per heavy atom. The highest BCUT2D eigenvalue weighted by molar-refractivity contribution is 5.29. The molecule has 0 fully saturated rings. The summed E-state index contributed by atoms with van der Waals surface area (Å²) in [5, 5.41) is 0. The Bertz CT molecular complexity index is 526. The molecule has 0 amide bonds. The van der Waals surface area contributed by atoms with Crippen molar-refractivity contribution in [2.75, 3.05) is 0 Å². The normalized spacial score (nSPS) is 14.1. The summed E-state index contributed by atoms with van der Waals surface area (Å²) < 4.78 is 12.9. The molecule has 2 rings (SSSR count). The van der Waals surface area contributed by atoms with Gasteiger partial charge >= 0.3 is 0 Å². The summed E-state index contributed by atoms with van der Waals surface area (Å²) in [6.07, 6.45) is 1.78. The van der Waals surface area contributed by atoms with Crippen LogP contribution < -0.4 is 5.73 Å². The third-order valence-electron chi connectivity index (χ3n) is 3.51. The Morgan fingerprint density at radius 3 is 2.00 bits per heavy atom. The van der Waals surface area contributed by atoms with Gasteiger partial charge in [-0.25, -0.2) is 4.39 Å². The van der Waals surface area contributed by atoms with Gasteiger partial charge in [0.05, 0.1) is 0 Å². The molecule has 0 aliphatic rings. The van der Waals surface area contributed by atoms with Crippen LogP contribution in [0.4, 0.5) is 4.39 Å². The van der Waals surface area contributed by atoms with Gasteiger partial charge in [0.15, 0.2) is 0 Å². The molecule has 0 bridgehead atoms. The number of rotatable bonds is 4. The summed E-state index contributed by atoms with van der Waals surface area (Å²) in [4.78, 5) is 0.